The summed E-state index contributed by atoms with van der Waals surface area (Å²) >= 11 is 6.33. The molecule has 0 radical (unpaired) electrons. The third-order valence-electron chi connectivity index (χ3n) is 3.31. The van der Waals surface area contributed by atoms with Gasteiger partial charge in [0.15, 0.2) is 0 Å². The molecular weight excluding hydrogens is 146 g/mol. The first kappa shape index (κ1) is 6.93. The minimum absolute atomic E-state index is 0.194. The van der Waals surface area contributed by atoms with Gasteiger partial charge in [0.25, 0.3) is 0 Å². The molecule has 0 aliphatic heterocycles. The van der Waals surface area contributed by atoms with Crippen LogP contribution in [0.5, 0.6) is 0 Å². The first-order valence-corrected chi connectivity index (χ1v) is 4.54. The fourth-order valence-electron chi connectivity index (χ4n) is 2.22. The lowest BCUT2D eigenvalue weighted by Gasteiger charge is -2.46. The van der Waals surface area contributed by atoms with Crippen LogP contribution in [-0.2, 0) is 0 Å². The highest BCUT2D eigenvalue weighted by Crippen LogP contribution is 2.48. The fourth-order valence-corrected chi connectivity index (χ4v) is 2.50. The van der Waals surface area contributed by atoms with Crippen molar-refractivity contribution in [1.82, 2.24) is 0 Å². The van der Waals surface area contributed by atoms with Crippen molar-refractivity contribution in [3.05, 3.63) is 0 Å². The first-order chi connectivity index (χ1) is 4.62. The number of hydrogen-bond donors (Lipinski definition) is 1. The summed E-state index contributed by atoms with van der Waals surface area (Å²) in [7, 11) is 0. The Morgan fingerprint density at radius 1 is 0.900 bits per heavy atom. The lowest BCUT2D eigenvalue weighted by atomic mass is 9.66. The number of fused-ring (bicyclic) bond motifs is 3. The second kappa shape index (κ2) is 1.89. The van der Waals surface area contributed by atoms with Gasteiger partial charge >= 0.3 is 0 Å². The maximum Gasteiger partial charge on any atom is 0.0947 e. The number of rotatable bonds is 0. The van der Waals surface area contributed by atoms with Gasteiger partial charge in [-0.25, -0.2) is 0 Å². The maximum atomic E-state index is 6.33. The predicted molar refractivity (Wildman–Crippen MR) is 41.9 cm³/mol. The zero-order valence-corrected chi connectivity index (χ0v) is 7.08. The molecular formula is C8H15ClN+. The molecule has 3 N–H and O–H groups in total. The van der Waals surface area contributed by atoms with Crippen LogP contribution in [0.2, 0.25) is 0 Å². The van der Waals surface area contributed by atoms with Crippen molar-refractivity contribution in [2.75, 3.05) is 0 Å². The summed E-state index contributed by atoms with van der Waals surface area (Å²) in [4.78, 5) is 0.194. The Morgan fingerprint density at radius 3 is 1.60 bits per heavy atom. The minimum atomic E-state index is 0.194. The zero-order valence-electron chi connectivity index (χ0n) is 6.33. The Balaban J connectivity index is 2.16. The molecule has 3 aliphatic carbocycles. The molecule has 1 nitrogen and oxygen atoms in total. The molecule has 3 rings (SSSR count). The van der Waals surface area contributed by atoms with E-state index in [0.29, 0.717) is 5.54 Å². The molecule has 0 aromatic heterocycles. The molecule has 2 bridgehead atoms. The predicted octanol–water partition coefficient (Wildman–Crippen LogP) is 1.31. The molecule has 0 amide bonds. The lowest BCUT2D eigenvalue weighted by Crippen LogP contribution is -2.76. The summed E-state index contributed by atoms with van der Waals surface area (Å²) in [5, 5.41) is 0. The van der Waals surface area contributed by atoms with Crippen LogP contribution in [0.1, 0.15) is 38.5 Å². The second-order valence-corrected chi connectivity index (χ2v) is 4.95. The highest BCUT2D eigenvalue weighted by Gasteiger charge is 2.47. The third kappa shape index (κ3) is 0.960. The third-order valence-corrected chi connectivity index (χ3v) is 3.88. The van der Waals surface area contributed by atoms with Crippen molar-refractivity contribution in [1.29, 1.82) is 0 Å². The number of hydrogen-bond acceptors (Lipinski definition) is 0. The topological polar surface area (TPSA) is 27.6 Å². The van der Waals surface area contributed by atoms with Crippen LogP contribution in [0.3, 0.4) is 0 Å². The van der Waals surface area contributed by atoms with Gasteiger partial charge in [-0.15, -0.1) is 11.6 Å². The van der Waals surface area contributed by atoms with Gasteiger partial charge in [0.1, 0.15) is 0 Å². The smallest absolute Gasteiger partial charge is 0.0947 e. The van der Waals surface area contributed by atoms with Crippen molar-refractivity contribution >= 4 is 11.6 Å². The van der Waals surface area contributed by atoms with E-state index >= 15 is 0 Å². The minimum Gasteiger partial charge on any atom is -0.353 e. The Hall–Kier alpha value is 0.250. The second-order valence-electron chi connectivity index (χ2n) is 4.15. The molecule has 0 aromatic carbocycles. The molecule has 58 valence electrons. The molecule has 3 saturated carbocycles. The molecule has 0 atom stereocenters. The summed E-state index contributed by atoms with van der Waals surface area (Å²) in [6, 6.07) is 0. The van der Waals surface area contributed by atoms with Gasteiger partial charge in [0, 0.05) is 24.1 Å². The van der Waals surface area contributed by atoms with Crippen LogP contribution < -0.4 is 5.73 Å². The molecule has 3 aliphatic rings. The Kier molecular flexibility index (Phi) is 1.31. The van der Waals surface area contributed by atoms with Gasteiger partial charge in [-0.1, -0.05) is 0 Å². The van der Waals surface area contributed by atoms with E-state index in [9.17, 15) is 0 Å². The van der Waals surface area contributed by atoms with Gasteiger partial charge in [-0.05, 0) is 19.3 Å². The zero-order chi connectivity index (χ0) is 7.24. The van der Waals surface area contributed by atoms with E-state index < -0.39 is 0 Å². The maximum absolute atomic E-state index is 6.33. The van der Waals surface area contributed by atoms with E-state index in [1.807, 2.05) is 0 Å². The Labute approximate surface area is 66.9 Å². The molecule has 2 heteroatoms. The lowest BCUT2D eigenvalue weighted by molar-refractivity contribution is -0.493. The average Bonchev–Trinajstić information content (AvgIpc) is 1.93. The Morgan fingerprint density at radius 2 is 1.30 bits per heavy atom. The van der Waals surface area contributed by atoms with E-state index in [2.05, 4.69) is 5.73 Å². The van der Waals surface area contributed by atoms with Crippen LogP contribution in [0.25, 0.3) is 0 Å². The van der Waals surface area contributed by atoms with Crippen molar-refractivity contribution in [3.63, 3.8) is 0 Å². The van der Waals surface area contributed by atoms with Crippen LogP contribution in [0, 0.1) is 0 Å². The van der Waals surface area contributed by atoms with Crippen LogP contribution in [0.4, 0.5) is 0 Å². The fraction of sp³-hybridized carbons (Fsp3) is 1.00. The van der Waals surface area contributed by atoms with Crippen molar-refractivity contribution in [2.45, 2.75) is 48.9 Å². The molecule has 0 aromatic rings. The highest BCUT2D eigenvalue weighted by molar-refractivity contribution is 6.24. The van der Waals surface area contributed by atoms with E-state index in [-0.39, 0.29) is 4.87 Å². The molecule has 0 saturated heterocycles. The van der Waals surface area contributed by atoms with Gasteiger partial charge in [-0.2, -0.15) is 0 Å². The van der Waals surface area contributed by atoms with Crippen LogP contribution in [-0.4, -0.2) is 10.4 Å². The average molecular weight is 161 g/mol. The summed E-state index contributed by atoms with van der Waals surface area (Å²) in [5.74, 6) is 0. The molecule has 0 unspecified atom stereocenters. The van der Waals surface area contributed by atoms with Gasteiger partial charge in [0.2, 0.25) is 0 Å². The monoisotopic (exact) mass is 160 g/mol. The first-order valence-electron chi connectivity index (χ1n) is 4.16. The number of alkyl halides is 1. The van der Waals surface area contributed by atoms with E-state index in [1.54, 1.807) is 0 Å². The summed E-state index contributed by atoms with van der Waals surface area (Å²) in [6.45, 7) is 0. The van der Waals surface area contributed by atoms with Crippen LogP contribution >= 0.6 is 11.6 Å². The summed E-state index contributed by atoms with van der Waals surface area (Å²) in [5.41, 5.74) is 4.69. The molecule has 0 heterocycles. The number of quaternary nitrogens is 1. The molecule has 3 fully saturated rings. The van der Waals surface area contributed by atoms with E-state index in [1.165, 1.54) is 38.5 Å². The van der Waals surface area contributed by atoms with E-state index in [0.717, 1.165) is 0 Å². The highest BCUT2D eigenvalue weighted by atomic mass is 35.5. The van der Waals surface area contributed by atoms with Gasteiger partial charge in [0.05, 0.1) is 5.54 Å². The summed E-state index contributed by atoms with van der Waals surface area (Å²) in [6.07, 6.45) is 7.40. The molecule has 0 spiro atoms. The van der Waals surface area contributed by atoms with Gasteiger partial charge < -0.3 is 5.73 Å². The summed E-state index contributed by atoms with van der Waals surface area (Å²) < 4.78 is 0. The van der Waals surface area contributed by atoms with Crippen molar-refractivity contribution in [3.8, 4) is 0 Å². The van der Waals surface area contributed by atoms with E-state index in [4.69, 9.17) is 11.6 Å². The number of halogens is 1. The SMILES string of the molecule is [NH3+]C12CCC(Cl)(CC1)CC2. The normalized spacial score (nSPS) is 53.4. The van der Waals surface area contributed by atoms with Crippen LogP contribution in [0.15, 0.2) is 0 Å². The van der Waals surface area contributed by atoms with Gasteiger partial charge in [-0.3, -0.25) is 0 Å². The van der Waals surface area contributed by atoms with Crippen molar-refractivity contribution in [2.24, 2.45) is 0 Å². The van der Waals surface area contributed by atoms with Crippen molar-refractivity contribution < 1.29 is 5.73 Å². The largest absolute Gasteiger partial charge is 0.353 e. The quantitative estimate of drug-likeness (QED) is 0.518. The Bertz CT molecular complexity index is 113. The molecule has 10 heavy (non-hydrogen) atoms. The standard InChI is InChI=1S/C8H14ClN/c9-7-1-4-8(10,5-2-7)6-3-7/h1-6,10H2/p+1.